The minimum atomic E-state index is 0.417. The molecule has 2 rings (SSSR count). The fourth-order valence-electron chi connectivity index (χ4n) is 1.90. The third-order valence-electron chi connectivity index (χ3n) is 2.92. The second-order valence-electron chi connectivity index (χ2n) is 3.31. The van der Waals surface area contributed by atoms with Crippen LogP contribution in [0.15, 0.2) is 0 Å². The van der Waals surface area contributed by atoms with E-state index in [4.69, 9.17) is 10.5 Å². The smallest absolute Gasteiger partial charge is 0.0619 e. The Hall–Kier alpha value is -0.0800. The molecule has 0 aromatic heterocycles. The average Bonchev–Trinajstić information content (AvgIpc) is 2.29. The van der Waals surface area contributed by atoms with Gasteiger partial charge in [-0.05, 0) is 19.8 Å². The highest BCUT2D eigenvalue weighted by atomic mass is 16.5. The predicted octanol–water partition coefficient (Wildman–Crippen LogP) is 0.513. The second-order valence-corrected chi connectivity index (χ2v) is 3.31. The SMILES string of the molecule is CC1OCCC12CC2N. The summed E-state index contributed by atoms with van der Waals surface area (Å²) in [7, 11) is 0. The van der Waals surface area contributed by atoms with Crippen molar-refractivity contribution < 1.29 is 4.74 Å². The van der Waals surface area contributed by atoms with Gasteiger partial charge in [-0.15, -0.1) is 0 Å². The minimum absolute atomic E-state index is 0.417. The molecule has 0 aromatic rings. The molecule has 3 unspecified atom stereocenters. The fraction of sp³-hybridized carbons (Fsp3) is 1.00. The summed E-state index contributed by atoms with van der Waals surface area (Å²) >= 11 is 0. The van der Waals surface area contributed by atoms with E-state index in [-0.39, 0.29) is 0 Å². The van der Waals surface area contributed by atoms with Gasteiger partial charge in [-0.25, -0.2) is 0 Å². The Bertz CT molecular complexity index is 137. The number of ether oxygens (including phenoxy) is 1. The average molecular weight is 127 g/mol. The number of hydrogen-bond acceptors (Lipinski definition) is 2. The molecule has 9 heavy (non-hydrogen) atoms. The van der Waals surface area contributed by atoms with Crippen molar-refractivity contribution in [1.82, 2.24) is 0 Å². The fourth-order valence-corrected chi connectivity index (χ4v) is 1.90. The first-order chi connectivity index (χ1) is 4.26. The van der Waals surface area contributed by atoms with Crippen LogP contribution in [0.1, 0.15) is 19.8 Å². The van der Waals surface area contributed by atoms with E-state index in [1.165, 1.54) is 12.8 Å². The van der Waals surface area contributed by atoms with E-state index in [0.29, 0.717) is 17.6 Å². The van der Waals surface area contributed by atoms with E-state index < -0.39 is 0 Å². The Kier molecular flexibility index (Phi) is 0.945. The van der Waals surface area contributed by atoms with E-state index in [2.05, 4.69) is 6.92 Å². The van der Waals surface area contributed by atoms with Crippen molar-refractivity contribution in [2.45, 2.75) is 31.9 Å². The molecule has 1 saturated carbocycles. The molecule has 1 aliphatic heterocycles. The van der Waals surface area contributed by atoms with E-state index >= 15 is 0 Å². The Morgan fingerprint density at radius 2 is 2.33 bits per heavy atom. The maximum absolute atomic E-state index is 5.77. The van der Waals surface area contributed by atoms with Gasteiger partial charge in [0.2, 0.25) is 0 Å². The maximum atomic E-state index is 5.77. The molecule has 1 saturated heterocycles. The van der Waals surface area contributed by atoms with Gasteiger partial charge in [0.25, 0.3) is 0 Å². The van der Waals surface area contributed by atoms with E-state index in [0.717, 1.165) is 6.61 Å². The molecule has 2 heteroatoms. The van der Waals surface area contributed by atoms with Gasteiger partial charge in [-0.2, -0.15) is 0 Å². The van der Waals surface area contributed by atoms with Crippen molar-refractivity contribution >= 4 is 0 Å². The summed E-state index contributed by atoms with van der Waals surface area (Å²) in [6.45, 7) is 3.06. The van der Waals surface area contributed by atoms with E-state index in [1.54, 1.807) is 0 Å². The molecule has 0 radical (unpaired) electrons. The lowest BCUT2D eigenvalue weighted by molar-refractivity contribution is 0.0983. The molecule has 1 spiro atoms. The first-order valence-corrected chi connectivity index (χ1v) is 3.63. The van der Waals surface area contributed by atoms with Crippen LogP contribution in [0.5, 0.6) is 0 Å². The van der Waals surface area contributed by atoms with Gasteiger partial charge < -0.3 is 10.5 Å². The van der Waals surface area contributed by atoms with Gasteiger partial charge in [-0.1, -0.05) is 0 Å². The molecule has 1 heterocycles. The van der Waals surface area contributed by atoms with Gasteiger partial charge in [0.05, 0.1) is 6.10 Å². The zero-order valence-electron chi connectivity index (χ0n) is 5.76. The number of rotatable bonds is 0. The van der Waals surface area contributed by atoms with Crippen LogP contribution in [0.2, 0.25) is 0 Å². The predicted molar refractivity (Wildman–Crippen MR) is 35.1 cm³/mol. The van der Waals surface area contributed by atoms with Crippen molar-refractivity contribution in [1.29, 1.82) is 0 Å². The van der Waals surface area contributed by atoms with Crippen LogP contribution in [0.25, 0.3) is 0 Å². The van der Waals surface area contributed by atoms with Crippen LogP contribution in [0, 0.1) is 5.41 Å². The van der Waals surface area contributed by atoms with Crippen LogP contribution in [0.4, 0.5) is 0 Å². The van der Waals surface area contributed by atoms with Crippen LogP contribution in [0.3, 0.4) is 0 Å². The highest BCUT2D eigenvalue weighted by Crippen LogP contribution is 2.54. The van der Waals surface area contributed by atoms with Crippen molar-refractivity contribution in [3.05, 3.63) is 0 Å². The van der Waals surface area contributed by atoms with Crippen LogP contribution in [-0.4, -0.2) is 18.8 Å². The van der Waals surface area contributed by atoms with E-state index in [9.17, 15) is 0 Å². The second kappa shape index (κ2) is 1.50. The minimum Gasteiger partial charge on any atom is -0.378 e. The van der Waals surface area contributed by atoms with Crippen LogP contribution >= 0.6 is 0 Å². The third-order valence-corrected chi connectivity index (χ3v) is 2.92. The first kappa shape index (κ1) is 5.69. The molecular formula is C7H13NO. The standard InChI is InChI=1S/C7H13NO/c1-5-7(2-3-9-5)4-6(7)8/h5-6H,2-4,8H2,1H3. The molecule has 3 atom stereocenters. The van der Waals surface area contributed by atoms with Crippen LogP contribution < -0.4 is 5.73 Å². The number of nitrogens with two attached hydrogens (primary N) is 1. The van der Waals surface area contributed by atoms with Gasteiger partial charge in [-0.3, -0.25) is 0 Å². The molecule has 0 bridgehead atoms. The first-order valence-electron chi connectivity index (χ1n) is 3.63. The monoisotopic (exact) mass is 127 g/mol. The normalized spacial score (nSPS) is 56.7. The summed E-state index contributed by atoms with van der Waals surface area (Å²) < 4.78 is 5.42. The maximum Gasteiger partial charge on any atom is 0.0619 e. The number of hydrogen-bond donors (Lipinski definition) is 1. The third kappa shape index (κ3) is 0.578. The van der Waals surface area contributed by atoms with Crippen molar-refractivity contribution in [2.24, 2.45) is 11.1 Å². The van der Waals surface area contributed by atoms with Gasteiger partial charge in [0, 0.05) is 18.1 Å². The molecule has 0 aromatic carbocycles. The summed E-state index contributed by atoms with van der Waals surface area (Å²) in [6, 6.07) is 0.440. The topological polar surface area (TPSA) is 35.2 Å². The Morgan fingerprint density at radius 1 is 1.67 bits per heavy atom. The Balaban J connectivity index is 2.12. The largest absolute Gasteiger partial charge is 0.378 e. The Labute approximate surface area is 55.4 Å². The highest BCUT2D eigenvalue weighted by molar-refractivity contribution is 5.11. The summed E-state index contributed by atoms with van der Waals surface area (Å²) in [5.74, 6) is 0. The van der Waals surface area contributed by atoms with Gasteiger partial charge >= 0.3 is 0 Å². The summed E-state index contributed by atoms with van der Waals surface area (Å²) in [5, 5.41) is 0. The molecule has 52 valence electrons. The highest BCUT2D eigenvalue weighted by Gasteiger charge is 2.58. The van der Waals surface area contributed by atoms with Crippen molar-refractivity contribution in [3.63, 3.8) is 0 Å². The zero-order chi connectivity index (χ0) is 6.48. The van der Waals surface area contributed by atoms with Gasteiger partial charge in [0.1, 0.15) is 0 Å². The van der Waals surface area contributed by atoms with E-state index in [1.807, 2.05) is 0 Å². The van der Waals surface area contributed by atoms with Crippen molar-refractivity contribution in [2.75, 3.05) is 6.61 Å². The molecule has 2 N–H and O–H groups in total. The van der Waals surface area contributed by atoms with Crippen molar-refractivity contribution in [3.8, 4) is 0 Å². The Morgan fingerprint density at radius 3 is 2.56 bits per heavy atom. The molecule has 2 fully saturated rings. The lowest BCUT2D eigenvalue weighted by Gasteiger charge is -2.10. The van der Waals surface area contributed by atoms with Gasteiger partial charge in [0.15, 0.2) is 0 Å². The summed E-state index contributed by atoms with van der Waals surface area (Å²) in [4.78, 5) is 0. The quantitative estimate of drug-likeness (QED) is 0.514. The zero-order valence-corrected chi connectivity index (χ0v) is 5.76. The summed E-state index contributed by atoms with van der Waals surface area (Å²) in [5.41, 5.74) is 6.19. The lowest BCUT2D eigenvalue weighted by Crippen LogP contribution is -2.20. The van der Waals surface area contributed by atoms with Crippen LogP contribution in [-0.2, 0) is 4.74 Å². The molecule has 1 aliphatic carbocycles. The summed E-state index contributed by atoms with van der Waals surface area (Å²) in [6.07, 6.45) is 2.80. The molecule has 2 nitrogen and oxygen atoms in total. The molecule has 0 amide bonds. The molecular weight excluding hydrogens is 114 g/mol. The molecule has 2 aliphatic rings. The lowest BCUT2D eigenvalue weighted by atomic mass is 9.99.